The largest absolute Gasteiger partial charge is 0.452 e. The van der Waals surface area contributed by atoms with Crippen molar-refractivity contribution in [3.63, 3.8) is 0 Å². The van der Waals surface area contributed by atoms with Gasteiger partial charge in [-0.3, -0.25) is 0 Å². The van der Waals surface area contributed by atoms with E-state index in [1.54, 1.807) is 0 Å². The van der Waals surface area contributed by atoms with E-state index in [1.165, 1.54) is 22.3 Å². The second-order valence-corrected chi connectivity index (χ2v) is 15.7. The molecule has 11 aromatic rings. The molecular formula is C57H36N4O. The Morgan fingerprint density at radius 1 is 0.355 bits per heavy atom. The van der Waals surface area contributed by atoms with Crippen LogP contribution in [0.3, 0.4) is 0 Å². The van der Waals surface area contributed by atoms with E-state index in [-0.39, 0.29) is 0 Å². The molecule has 0 unspecified atom stereocenters. The minimum absolute atomic E-state index is 0.577. The van der Waals surface area contributed by atoms with Crippen molar-refractivity contribution in [1.29, 1.82) is 0 Å². The van der Waals surface area contributed by atoms with Crippen LogP contribution in [0.2, 0.25) is 0 Å². The van der Waals surface area contributed by atoms with Crippen LogP contribution in [0.1, 0.15) is 22.3 Å². The first kappa shape index (κ1) is 35.6. The normalized spacial score (nSPS) is 12.6. The molecule has 0 atom stereocenters. The van der Waals surface area contributed by atoms with E-state index in [2.05, 4.69) is 146 Å². The predicted octanol–water partition coefficient (Wildman–Crippen LogP) is 13.9. The summed E-state index contributed by atoms with van der Waals surface area (Å²) in [4.78, 5) is 21.6. The minimum Gasteiger partial charge on any atom is -0.452 e. The Bertz CT molecular complexity index is 3340. The van der Waals surface area contributed by atoms with Crippen LogP contribution in [-0.4, -0.2) is 19.9 Å². The molecule has 0 saturated carbocycles. The van der Waals surface area contributed by atoms with Crippen molar-refractivity contribution in [1.82, 2.24) is 19.9 Å². The first-order valence-corrected chi connectivity index (χ1v) is 20.9. The topological polar surface area (TPSA) is 64.7 Å². The smallest absolute Gasteiger partial charge is 0.180 e. The van der Waals surface area contributed by atoms with E-state index < -0.39 is 5.41 Å². The lowest BCUT2D eigenvalue weighted by Crippen LogP contribution is -2.28. The molecule has 8 aromatic carbocycles. The molecule has 0 aliphatic heterocycles. The van der Waals surface area contributed by atoms with Gasteiger partial charge in [-0.15, -0.1) is 0 Å². The van der Waals surface area contributed by atoms with E-state index in [1.807, 2.05) is 72.8 Å². The van der Waals surface area contributed by atoms with Crippen LogP contribution < -0.4 is 0 Å². The van der Waals surface area contributed by atoms with Gasteiger partial charge in [-0.25, -0.2) is 19.9 Å². The number of rotatable bonds is 7. The third kappa shape index (κ3) is 5.63. The summed E-state index contributed by atoms with van der Waals surface area (Å²) in [6, 6.07) is 76.2. The Morgan fingerprint density at radius 3 is 1.61 bits per heavy atom. The summed E-state index contributed by atoms with van der Waals surface area (Å²) in [5.41, 5.74) is 15.5. The van der Waals surface area contributed by atoms with E-state index in [0.29, 0.717) is 17.2 Å². The van der Waals surface area contributed by atoms with Crippen LogP contribution in [-0.2, 0) is 5.41 Å². The van der Waals surface area contributed by atoms with Crippen LogP contribution in [0, 0.1) is 0 Å². The molecule has 0 amide bonds. The number of fused-ring (bicyclic) bond motifs is 6. The summed E-state index contributed by atoms with van der Waals surface area (Å²) in [6.45, 7) is 0. The van der Waals surface area contributed by atoms with Crippen LogP contribution in [0.25, 0.3) is 89.7 Å². The van der Waals surface area contributed by atoms with Crippen molar-refractivity contribution >= 4 is 22.1 Å². The first-order valence-electron chi connectivity index (χ1n) is 20.9. The van der Waals surface area contributed by atoms with Crippen LogP contribution in [0.5, 0.6) is 0 Å². The van der Waals surface area contributed by atoms with Gasteiger partial charge in [0.25, 0.3) is 0 Å². The summed E-state index contributed by atoms with van der Waals surface area (Å²) in [5.74, 6) is 1.21. The summed E-state index contributed by atoms with van der Waals surface area (Å²) in [5, 5.41) is 0.932. The monoisotopic (exact) mass is 792 g/mol. The van der Waals surface area contributed by atoms with Crippen LogP contribution in [0.15, 0.2) is 223 Å². The molecule has 0 saturated heterocycles. The molecular weight excluding hydrogens is 757 g/mol. The molecule has 0 radical (unpaired) electrons. The fraction of sp³-hybridized carbons (Fsp3) is 0.0175. The van der Waals surface area contributed by atoms with Crippen molar-refractivity contribution in [2.45, 2.75) is 5.41 Å². The highest BCUT2D eigenvalue weighted by Crippen LogP contribution is 2.58. The summed E-state index contributed by atoms with van der Waals surface area (Å²) in [6.07, 6.45) is 0. The molecule has 0 fully saturated rings. The van der Waals surface area contributed by atoms with E-state index in [4.69, 9.17) is 24.4 Å². The lowest BCUT2D eigenvalue weighted by atomic mass is 9.67. The van der Waals surface area contributed by atoms with Gasteiger partial charge >= 0.3 is 0 Å². The molecule has 1 aliphatic rings. The summed E-state index contributed by atoms with van der Waals surface area (Å²) >= 11 is 0. The molecule has 0 spiro atoms. The minimum atomic E-state index is -0.646. The second-order valence-electron chi connectivity index (χ2n) is 15.7. The van der Waals surface area contributed by atoms with Crippen molar-refractivity contribution < 1.29 is 4.42 Å². The number of hydrogen-bond donors (Lipinski definition) is 0. The third-order valence-corrected chi connectivity index (χ3v) is 12.2. The Balaban J connectivity index is 1.24. The van der Waals surface area contributed by atoms with E-state index in [0.717, 1.165) is 72.5 Å². The van der Waals surface area contributed by atoms with Gasteiger partial charge in [0.15, 0.2) is 17.2 Å². The van der Waals surface area contributed by atoms with Crippen molar-refractivity contribution in [2.75, 3.05) is 0 Å². The fourth-order valence-electron chi connectivity index (χ4n) is 9.45. The maximum Gasteiger partial charge on any atom is 0.180 e. The molecule has 3 aromatic heterocycles. The van der Waals surface area contributed by atoms with Gasteiger partial charge in [0, 0.05) is 33.2 Å². The van der Waals surface area contributed by atoms with E-state index >= 15 is 0 Å². The van der Waals surface area contributed by atoms with Gasteiger partial charge in [-0.2, -0.15) is 0 Å². The summed E-state index contributed by atoms with van der Waals surface area (Å²) in [7, 11) is 0. The molecule has 1 aliphatic carbocycles. The van der Waals surface area contributed by atoms with Gasteiger partial charge in [-0.05, 0) is 63.7 Å². The number of aromatic nitrogens is 4. The number of para-hydroxylation sites is 1. The SMILES string of the molecule is c1ccc(-c2cc(-c3cc4c(cc3-c3nc(-c5ccccc5)c5oc6ccccc6c5n3)C(c3ccccc3)(c3ccccc3)c3ccccc3-4)nc(-c3ccccc3)n2)cc1. The maximum atomic E-state index is 6.59. The molecule has 3 heterocycles. The number of nitrogens with zero attached hydrogens (tertiary/aromatic N) is 4. The maximum absolute atomic E-state index is 6.59. The predicted molar refractivity (Wildman–Crippen MR) is 249 cm³/mol. The van der Waals surface area contributed by atoms with Crippen LogP contribution >= 0.6 is 0 Å². The zero-order valence-corrected chi connectivity index (χ0v) is 33.5. The number of benzene rings is 8. The Morgan fingerprint density at radius 2 is 0.919 bits per heavy atom. The molecule has 0 bridgehead atoms. The molecule has 0 N–H and O–H groups in total. The third-order valence-electron chi connectivity index (χ3n) is 12.2. The van der Waals surface area contributed by atoms with Gasteiger partial charge in [0.05, 0.1) is 16.8 Å². The zero-order valence-electron chi connectivity index (χ0n) is 33.5. The van der Waals surface area contributed by atoms with Crippen molar-refractivity contribution in [3.8, 4) is 67.7 Å². The van der Waals surface area contributed by atoms with Gasteiger partial charge in [0.1, 0.15) is 16.8 Å². The fourth-order valence-corrected chi connectivity index (χ4v) is 9.45. The number of hydrogen-bond acceptors (Lipinski definition) is 5. The van der Waals surface area contributed by atoms with Crippen molar-refractivity contribution in [2.24, 2.45) is 0 Å². The zero-order chi connectivity index (χ0) is 41.0. The quantitative estimate of drug-likeness (QED) is 0.161. The van der Waals surface area contributed by atoms with Gasteiger partial charge in [0.2, 0.25) is 0 Å². The Labute approximate surface area is 358 Å². The Kier molecular flexibility index (Phi) is 8.32. The average Bonchev–Trinajstić information content (AvgIpc) is 3.88. The number of furan rings is 1. The molecule has 12 rings (SSSR count). The highest BCUT2D eigenvalue weighted by atomic mass is 16.3. The van der Waals surface area contributed by atoms with Crippen molar-refractivity contribution in [3.05, 3.63) is 241 Å². The summed E-state index contributed by atoms with van der Waals surface area (Å²) < 4.78 is 6.59. The standard InChI is InChI=1S/C57H36N4O/c1-6-20-37(21-7-1)49-36-50(59-55(58-49)39-24-10-3-11-25-39)45-34-44-42-30-16-18-32-47(42)57(40-26-12-4-13-27-40,41-28-14-5-15-29-41)48(44)35-46(45)56-60-52(38-22-8-2-9-23-38)54-53(61-56)43-31-17-19-33-51(43)62-54/h1-36H. The highest BCUT2D eigenvalue weighted by molar-refractivity contribution is 6.07. The highest BCUT2D eigenvalue weighted by Gasteiger charge is 2.46. The van der Waals surface area contributed by atoms with Gasteiger partial charge in [-0.1, -0.05) is 188 Å². The lowest BCUT2D eigenvalue weighted by Gasteiger charge is -2.34. The molecule has 5 heteroatoms. The van der Waals surface area contributed by atoms with E-state index in [9.17, 15) is 0 Å². The lowest BCUT2D eigenvalue weighted by molar-refractivity contribution is 0.667. The Hall–Kier alpha value is -8.28. The average molecular weight is 793 g/mol. The molecule has 5 nitrogen and oxygen atoms in total. The van der Waals surface area contributed by atoms with Crippen LogP contribution in [0.4, 0.5) is 0 Å². The first-order chi connectivity index (χ1) is 30.7. The molecule has 62 heavy (non-hydrogen) atoms. The molecule has 290 valence electrons. The second kappa shape index (κ2) is 14.5. The van der Waals surface area contributed by atoms with Gasteiger partial charge < -0.3 is 4.42 Å².